The molecule has 0 aliphatic heterocycles. The second-order valence-electron chi connectivity index (χ2n) is 4.36. The van der Waals surface area contributed by atoms with E-state index in [0.29, 0.717) is 18.3 Å². The first-order chi connectivity index (χ1) is 8.61. The maximum atomic E-state index is 13.2. The van der Waals surface area contributed by atoms with Gasteiger partial charge in [0.1, 0.15) is 11.6 Å². The molecule has 0 aromatic heterocycles. The first kappa shape index (κ1) is 12.8. The van der Waals surface area contributed by atoms with Crippen LogP contribution in [0, 0.1) is 11.7 Å². The van der Waals surface area contributed by atoms with E-state index < -0.39 is 17.9 Å². The second-order valence-corrected chi connectivity index (χ2v) is 4.36. The minimum atomic E-state index is -1.53. The Kier molecular flexibility index (Phi) is 3.81. The molecule has 98 valence electrons. The average molecular weight is 254 g/mol. The number of aliphatic hydroxyl groups is 1. The molecular weight excluding hydrogens is 239 g/mol. The van der Waals surface area contributed by atoms with Crippen molar-refractivity contribution in [1.82, 2.24) is 0 Å². The second kappa shape index (κ2) is 5.35. The molecular formula is C13H15FO4. The Hall–Kier alpha value is -1.62. The van der Waals surface area contributed by atoms with Crippen molar-refractivity contribution in [2.45, 2.75) is 18.9 Å². The van der Waals surface area contributed by atoms with Gasteiger partial charge in [0.2, 0.25) is 0 Å². The lowest BCUT2D eigenvalue weighted by atomic mass is 10.1. The van der Waals surface area contributed by atoms with E-state index in [1.165, 1.54) is 12.1 Å². The van der Waals surface area contributed by atoms with Gasteiger partial charge in [0.15, 0.2) is 6.10 Å². The van der Waals surface area contributed by atoms with Crippen LogP contribution in [0.25, 0.3) is 0 Å². The molecule has 4 nitrogen and oxygen atoms in total. The van der Waals surface area contributed by atoms with Crippen molar-refractivity contribution in [2.75, 3.05) is 13.7 Å². The summed E-state index contributed by atoms with van der Waals surface area (Å²) in [6.07, 6.45) is 0.714. The van der Waals surface area contributed by atoms with Gasteiger partial charge < -0.3 is 14.6 Å². The summed E-state index contributed by atoms with van der Waals surface area (Å²) in [4.78, 5) is 11.3. The maximum absolute atomic E-state index is 13.2. The number of aliphatic hydroxyl groups excluding tert-OH is 1. The molecule has 1 fully saturated rings. The predicted octanol–water partition coefficient (Wildman–Crippen LogP) is 1.82. The van der Waals surface area contributed by atoms with Gasteiger partial charge in [-0.1, -0.05) is 0 Å². The largest absolute Gasteiger partial charge is 0.493 e. The van der Waals surface area contributed by atoms with Gasteiger partial charge in [0, 0.05) is 5.56 Å². The highest BCUT2D eigenvalue weighted by atomic mass is 19.1. The topological polar surface area (TPSA) is 55.8 Å². The van der Waals surface area contributed by atoms with Gasteiger partial charge in [-0.05, 0) is 37.0 Å². The van der Waals surface area contributed by atoms with Crippen LogP contribution in [0.3, 0.4) is 0 Å². The minimum Gasteiger partial charge on any atom is -0.493 e. The molecule has 0 spiro atoms. The number of esters is 1. The molecule has 18 heavy (non-hydrogen) atoms. The van der Waals surface area contributed by atoms with E-state index >= 15 is 0 Å². The lowest BCUT2D eigenvalue weighted by Crippen LogP contribution is -2.15. The highest BCUT2D eigenvalue weighted by Gasteiger charge is 2.25. The summed E-state index contributed by atoms with van der Waals surface area (Å²) >= 11 is 0. The fourth-order valence-electron chi connectivity index (χ4n) is 1.60. The van der Waals surface area contributed by atoms with Crippen LogP contribution in [0.15, 0.2) is 18.2 Å². The van der Waals surface area contributed by atoms with Gasteiger partial charge in [-0.25, -0.2) is 9.18 Å². The number of carbonyl (C=O) groups is 1. The van der Waals surface area contributed by atoms with Crippen LogP contribution in [-0.2, 0) is 9.53 Å². The number of rotatable bonds is 5. The van der Waals surface area contributed by atoms with Crippen LogP contribution in [0.5, 0.6) is 5.75 Å². The summed E-state index contributed by atoms with van der Waals surface area (Å²) in [5.41, 5.74) is 0.0995. The molecule has 0 amide bonds. The van der Waals surface area contributed by atoms with E-state index in [2.05, 4.69) is 4.74 Å². The Morgan fingerprint density at radius 3 is 2.89 bits per heavy atom. The molecule has 1 aliphatic carbocycles. The monoisotopic (exact) mass is 254 g/mol. The van der Waals surface area contributed by atoms with Gasteiger partial charge in [-0.2, -0.15) is 0 Å². The Morgan fingerprint density at radius 2 is 2.28 bits per heavy atom. The normalized spacial score (nSPS) is 16.2. The number of hydrogen-bond donors (Lipinski definition) is 1. The van der Waals surface area contributed by atoms with Crippen LogP contribution in [0.2, 0.25) is 0 Å². The minimum absolute atomic E-state index is 0.0995. The predicted molar refractivity (Wildman–Crippen MR) is 61.6 cm³/mol. The van der Waals surface area contributed by atoms with Crippen molar-refractivity contribution >= 4 is 5.97 Å². The van der Waals surface area contributed by atoms with E-state index in [1.807, 2.05) is 0 Å². The van der Waals surface area contributed by atoms with Gasteiger partial charge >= 0.3 is 5.97 Å². The highest BCUT2D eigenvalue weighted by Crippen LogP contribution is 2.32. The third-order valence-corrected chi connectivity index (χ3v) is 2.86. The van der Waals surface area contributed by atoms with Crippen molar-refractivity contribution in [3.8, 4) is 5.75 Å². The smallest absolute Gasteiger partial charge is 0.339 e. The summed E-state index contributed by atoms with van der Waals surface area (Å²) in [6.45, 7) is 0.520. The maximum Gasteiger partial charge on any atom is 0.339 e. The lowest BCUT2D eigenvalue weighted by Gasteiger charge is -2.14. The van der Waals surface area contributed by atoms with Crippen LogP contribution >= 0.6 is 0 Å². The number of halogens is 1. The molecule has 1 aromatic carbocycles. The lowest BCUT2D eigenvalue weighted by molar-refractivity contribution is -0.150. The SMILES string of the molecule is COC(=O)C(O)c1cc(F)ccc1OCC1CC1. The van der Waals surface area contributed by atoms with Crippen molar-refractivity contribution < 1.29 is 23.8 Å². The summed E-state index contributed by atoms with van der Waals surface area (Å²) in [7, 11) is 1.16. The van der Waals surface area contributed by atoms with Crippen molar-refractivity contribution in [1.29, 1.82) is 0 Å². The van der Waals surface area contributed by atoms with Crippen LogP contribution in [0.4, 0.5) is 4.39 Å². The Labute approximate surface area is 104 Å². The number of methoxy groups -OCH3 is 1. The summed E-state index contributed by atoms with van der Waals surface area (Å²) < 4.78 is 23.1. The third kappa shape index (κ3) is 2.98. The van der Waals surface area contributed by atoms with Crippen molar-refractivity contribution in [2.24, 2.45) is 5.92 Å². The quantitative estimate of drug-likeness (QED) is 0.814. The van der Waals surface area contributed by atoms with Crippen LogP contribution in [-0.4, -0.2) is 24.8 Å². The van der Waals surface area contributed by atoms with E-state index in [-0.39, 0.29) is 5.56 Å². The number of ether oxygens (including phenoxy) is 2. The van der Waals surface area contributed by atoms with E-state index in [4.69, 9.17) is 4.74 Å². The summed E-state index contributed by atoms with van der Waals surface area (Å²) in [5, 5.41) is 9.75. The molecule has 1 N–H and O–H groups in total. The van der Waals surface area contributed by atoms with Crippen molar-refractivity contribution in [3.05, 3.63) is 29.6 Å². The highest BCUT2D eigenvalue weighted by molar-refractivity contribution is 5.77. The van der Waals surface area contributed by atoms with Crippen LogP contribution in [0.1, 0.15) is 24.5 Å². The molecule has 0 bridgehead atoms. The number of hydrogen-bond acceptors (Lipinski definition) is 4. The summed E-state index contributed by atoms with van der Waals surface area (Å²) in [6, 6.07) is 3.73. The van der Waals surface area contributed by atoms with E-state index in [9.17, 15) is 14.3 Å². The summed E-state index contributed by atoms with van der Waals surface area (Å²) in [5.74, 6) is -0.525. The standard InChI is InChI=1S/C13H15FO4/c1-17-13(16)12(15)10-6-9(14)4-5-11(10)18-7-8-2-3-8/h4-6,8,12,15H,2-3,7H2,1H3. The van der Waals surface area contributed by atoms with E-state index in [1.54, 1.807) is 0 Å². The molecule has 1 atom stereocenters. The zero-order valence-electron chi connectivity index (χ0n) is 10.1. The van der Waals surface area contributed by atoms with Crippen molar-refractivity contribution in [3.63, 3.8) is 0 Å². The van der Waals surface area contributed by atoms with Gasteiger partial charge in [-0.15, -0.1) is 0 Å². The van der Waals surface area contributed by atoms with Gasteiger partial charge in [0.25, 0.3) is 0 Å². The fourth-order valence-corrected chi connectivity index (χ4v) is 1.60. The average Bonchev–Trinajstić information content (AvgIpc) is 3.19. The first-order valence-corrected chi connectivity index (χ1v) is 5.80. The zero-order chi connectivity index (χ0) is 13.1. The first-order valence-electron chi connectivity index (χ1n) is 5.80. The fraction of sp³-hybridized carbons (Fsp3) is 0.462. The Bertz CT molecular complexity index is 443. The number of benzene rings is 1. The molecule has 2 rings (SSSR count). The Morgan fingerprint density at radius 1 is 1.56 bits per heavy atom. The molecule has 1 aromatic rings. The molecule has 1 saturated carbocycles. The molecule has 1 aliphatic rings. The molecule has 1 unspecified atom stereocenters. The molecule has 0 heterocycles. The molecule has 5 heteroatoms. The van der Waals surface area contributed by atoms with Gasteiger partial charge in [0.05, 0.1) is 13.7 Å². The number of carbonyl (C=O) groups excluding carboxylic acids is 1. The Balaban J connectivity index is 2.18. The zero-order valence-corrected chi connectivity index (χ0v) is 10.1. The van der Waals surface area contributed by atoms with Crippen LogP contribution < -0.4 is 4.74 Å². The molecule has 0 saturated heterocycles. The van der Waals surface area contributed by atoms with E-state index in [0.717, 1.165) is 26.0 Å². The molecule has 0 radical (unpaired) electrons. The third-order valence-electron chi connectivity index (χ3n) is 2.86. The van der Waals surface area contributed by atoms with Gasteiger partial charge in [-0.3, -0.25) is 0 Å².